The number of para-hydroxylation sites is 1. The van der Waals surface area contributed by atoms with Crippen LogP contribution in [-0.2, 0) is 0 Å². The summed E-state index contributed by atoms with van der Waals surface area (Å²) in [5, 5.41) is 5.54. The van der Waals surface area contributed by atoms with Crippen molar-refractivity contribution in [2.45, 2.75) is 6.92 Å². The van der Waals surface area contributed by atoms with E-state index in [1.165, 1.54) is 0 Å². The van der Waals surface area contributed by atoms with Gasteiger partial charge in [0.15, 0.2) is 5.65 Å². The predicted octanol–water partition coefficient (Wildman–Crippen LogP) is 2.57. The molecular weight excluding hydrogens is 408 g/mol. The Bertz CT molecular complexity index is 1290. The van der Waals surface area contributed by atoms with E-state index in [1.54, 1.807) is 32.4 Å². The molecule has 0 radical (unpaired) electrons. The Morgan fingerprint density at radius 3 is 2.31 bits per heavy atom. The highest BCUT2D eigenvalue weighted by Crippen LogP contribution is 2.26. The summed E-state index contributed by atoms with van der Waals surface area (Å²) in [6.07, 6.45) is 0. The number of amides is 1. The maximum absolute atomic E-state index is 13.1. The zero-order valence-corrected chi connectivity index (χ0v) is 18.3. The molecule has 2 aromatic carbocycles. The van der Waals surface area contributed by atoms with Crippen LogP contribution >= 0.6 is 0 Å². The first-order valence-electron chi connectivity index (χ1n) is 10.5. The summed E-state index contributed by atoms with van der Waals surface area (Å²) >= 11 is 0. The van der Waals surface area contributed by atoms with Gasteiger partial charge in [-0.25, -0.2) is 9.97 Å². The van der Waals surface area contributed by atoms with Crippen molar-refractivity contribution in [3.05, 3.63) is 53.9 Å². The number of nitrogens with zero attached hydrogens (tertiary/aromatic N) is 6. The number of carbonyl (C=O) groups excluding carboxylic acids is 1. The van der Waals surface area contributed by atoms with Crippen LogP contribution in [0, 0.1) is 6.92 Å². The fourth-order valence-corrected chi connectivity index (χ4v) is 4.07. The number of aryl methyl sites for hydroxylation is 1. The molecule has 5 rings (SSSR count). The molecule has 0 unspecified atom stereocenters. The fraction of sp³-hybridized carbons (Fsp3) is 0.304. The minimum absolute atomic E-state index is 0.0462. The van der Waals surface area contributed by atoms with Gasteiger partial charge in [0.2, 0.25) is 5.95 Å². The molecule has 9 heteroatoms. The van der Waals surface area contributed by atoms with Crippen molar-refractivity contribution in [1.82, 2.24) is 24.5 Å². The lowest BCUT2D eigenvalue weighted by Gasteiger charge is -2.35. The van der Waals surface area contributed by atoms with Gasteiger partial charge in [-0.15, -0.1) is 5.10 Å². The molecule has 0 saturated carbocycles. The normalized spacial score (nSPS) is 14.2. The van der Waals surface area contributed by atoms with Crippen LogP contribution in [0.25, 0.3) is 16.6 Å². The van der Waals surface area contributed by atoms with Gasteiger partial charge < -0.3 is 19.3 Å². The molecule has 2 aromatic heterocycles. The zero-order chi connectivity index (χ0) is 22.2. The Kier molecular flexibility index (Phi) is 5.01. The van der Waals surface area contributed by atoms with E-state index in [0.29, 0.717) is 49.1 Å². The lowest BCUT2D eigenvalue weighted by molar-refractivity contribution is 0.0745. The van der Waals surface area contributed by atoms with E-state index in [2.05, 4.69) is 15.0 Å². The Morgan fingerprint density at radius 1 is 0.938 bits per heavy atom. The number of ether oxygens (including phenoxy) is 2. The zero-order valence-electron chi connectivity index (χ0n) is 18.3. The number of hydrogen-bond donors (Lipinski definition) is 0. The smallest absolute Gasteiger partial charge is 0.254 e. The molecule has 1 aliphatic heterocycles. The summed E-state index contributed by atoms with van der Waals surface area (Å²) in [7, 11) is 3.15. The van der Waals surface area contributed by atoms with E-state index < -0.39 is 0 Å². The van der Waals surface area contributed by atoms with Crippen LogP contribution in [0.2, 0.25) is 0 Å². The topological polar surface area (TPSA) is 85.1 Å². The molecule has 3 heterocycles. The van der Waals surface area contributed by atoms with Gasteiger partial charge in [-0.1, -0.05) is 12.1 Å². The lowest BCUT2D eigenvalue weighted by Crippen LogP contribution is -2.49. The van der Waals surface area contributed by atoms with E-state index in [-0.39, 0.29) is 5.91 Å². The van der Waals surface area contributed by atoms with Gasteiger partial charge in [0.05, 0.1) is 19.7 Å². The molecule has 4 aromatic rings. The monoisotopic (exact) mass is 432 g/mol. The number of benzene rings is 2. The molecule has 0 atom stereocenters. The highest BCUT2D eigenvalue weighted by atomic mass is 16.5. The van der Waals surface area contributed by atoms with Crippen molar-refractivity contribution in [3.63, 3.8) is 0 Å². The van der Waals surface area contributed by atoms with Crippen LogP contribution in [0.15, 0.2) is 42.5 Å². The Balaban J connectivity index is 1.40. The van der Waals surface area contributed by atoms with Gasteiger partial charge in [0.25, 0.3) is 5.91 Å². The maximum Gasteiger partial charge on any atom is 0.254 e. The van der Waals surface area contributed by atoms with Gasteiger partial charge in [-0.05, 0) is 31.2 Å². The van der Waals surface area contributed by atoms with Gasteiger partial charge in [-0.2, -0.15) is 4.52 Å². The number of piperazine rings is 1. The molecule has 0 spiro atoms. The molecule has 0 bridgehead atoms. The van der Waals surface area contributed by atoms with Crippen LogP contribution < -0.4 is 14.4 Å². The van der Waals surface area contributed by atoms with Crippen molar-refractivity contribution >= 4 is 28.4 Å². The lowest BCUT2D eigenvalue weighted by atomic mass is 10.1. The summed E-state index contributed by atoms with van der Waals surface area (Å²) in [4.78, 5) is 26.6. The standard InChI is InChI=1S/C23H24N6O3/c1-15-24-21-19-6-4-5-7-20(19)25-23(29(21)26-15)28-10-8-27(9-11-28)22(30)16-12-17(31-2)14-18(13-16)32-3/h4-7,12-14H,8-11H2,1-3H3. The van der Waals surface area contributed by atoms with E-state index >= 15 is 0 Å². The average Bonchev–Trinajstić information content (AvgIpc) is 3.24. The van der Waals surface area contributed by atoms with Gasteiger partial charge in [0.1, 0.15) is 17.3 Å². The number of aromatic nitrogens is 4. The first-order valence-corrected chi connectivity index (χ1v) is 10.5. The Labute approximate surface area is 185 Å². The predicted molar refractivity (Wildman–Crippen MR) is 121 cm³/mol. The van der Waals surface area contributed by atoms with Crippen LogP contribution in [0.3, 0.4) is 0 Å². The Morgan fingerprint density at radius 2 is 1.62 bits per heavy atom. The highest BCUT2D eigenvalue weighted by Gasteiger charge is 2.26. The third kappa shape index (κ3) is 3.45. The molecule has 164 valence electrons. The van der Waals surface area contributed by atoms with E-state index in [1.807, 2.05) is 40.6 Å². The van der Waals surface area contributed by atoms with E-state index in [9.17, 15) is 4.79 Å². The number of anilines is 1. The van der Waals surface area contributed by atoms with Crippen molar-refractivity contribution < 1.29 is 14.3 Å². The summed E-state index contributed by atoms with van der Waals surface area (Å²) < 4.78 is 12.4. The molecule has 1 aliphatic rings. The summed E-state index contributed by atoms with van der Waals surface area (Å²) in [6, 6.07) is 13.2. The quantitative estimate of drug-likeness (QED) is 0.490. The number of hydrogen-bond acceptors (Lipinski definition) is 7. The van der Waals surface area contributed by atoms with Gasteiger partial charge in [-0.3, -0.25) is 4.79 Å². The Hall–Kier alpha value is -3.88. The number of rotatable bonds is 4. The second kappa shape index (κ2) is 7.99. The third-order valence-corrected chi connectivity index (χ3v) is 5.72. The first-order chi connectivity index (χ1) is 15.6. The van der Waals surface area contributed by atoms with Gasteiger partial charge >= 0.3 is 0 Å². The molecule has 0 aliphatic carbocycles. The summed E-state index contributed by atoms with van der Waals surface area (Å²) in [6.45, 7) is 4.31. The van der Waals surface area contributed by atoms with Gasteiger partial charge in [0, 0.05) is 43.2 Å². The largest absolute Gasteiger partial charge is 0.497 e. The first kappa shape index (κ1) is 20.0. The van der Waals surface area contributed by atoms with E-state index in [4.69, 9.17) is 14.5 Å². The number of carbonyl (C=O) groups is 1. The second-order valence-corrected chi connectivity index (χ2v) is 7.70. The molecule has 0 N–H and O–H groups in total. The molecule has 1 amide bonds. The SMILES string of the molecule is COc1cc(OC)cc(C(=O)N2CCN(c3nc4ccccc4c4nc(C)nn34)CC2)c1. The summed E-state index contributed by atoms with van der Waals surface area (Å²) in [5.74, 6) is 2.58. The van der Waals surface area contributed by atoms with E-state index in [0.717, 1.165) is 22.5 Å². The van der Waals surface area contributed by atoms with Crippen molar-refractivity contribution in [3.8, 4) is 11.5 Å². The minimum atomic E-state index is -0.0462. The average molecular weight is 432 g/mol. The van der Waals surface area contributed by atoms with Crippen LogP contribution in [0.1, 0.15) is 16.2 Å². The molecule has 1 saturated heterocycles. The third-order valence-electron chi connectivity index (χ3n) is 5.72. The van der Waals surface area contributed by atoms with Crippen LogP contribution in [0.5, 0.6) is 11.5 Å². The summed E-state index contributed by atoms with van der Waals surface area (Å²) in [5.41, 5.74) is 2.22. The second-order valence-electron chi connectivity index (χ2n) is 7.70. The maximum atomic E-state index is 13.1. The minimum Gasteiger partial charge on any atom is -0.497 e. The molecule has 1 fully saturated rings. The molecule has 32 heavy (non-hydrogen) atoms. The number of methoxy groups -OCH3 is 2. The number of fused-ring (bicyclic) bond motifs is 3. The molecular formula is C23H24N6O3. The van der Waals surface area contributed by atoms with Crippen LogP contribution in [0.4, 0.5) is 5.95 Å². The molecule has 9 nitrogen and oxygen atoms in total. The van der Waals surface area contributed by atoms with Crippen molar-refractivity contribution in [2.24, 2.45) is 0 Å². The van der Waals surface area contributed by atoms with Crippen LogP contribution in [-0.4, -0.2) is 70.8 Å². The highest BCUT2D eigenvalue weighted by molar-refractivity contribution is 5.95. The fourth-order valence-electron chi connectivity index (χ4n) is 4.07. The van der Waals surface area contributed by atoms with Crippen molar-refractivity contribution in [2.75, 3.05) is 45.3 Å². The van der Waals surface area contributed by atoms with Crippen molar-refractivity contribution in [1.29, 1.82) is 0 Å².